The summed E-state index contributed by atoms with van der Waals surface area (Å²) >= 11 is 0. The van der Waals surface area contributed by atoms with E-state index in [9.17, 15) is 9.59 Å². The van der Waals surface area contributed by atoms with Crippen LogP contribution in [0.3, 0.4) is 0 Å². The average molecular weight is 813 g/mol. The quantitative estimate of drug-likeness (QED) is 0.0483. The molecule has 0 aliphatic carbocycles. The maximum atomic E-state index is 13.0. The first-order valence-electron chi connectivity index (χ1n) is 25.4. The predicted octanol–water partition coefficient (Wildman–Crippen LogP) is 15.2. The van der Waals surface area contributed by atoms with Gasteiger partial charge in [0.2, 0.25) is 0 Å². The fourth-order valence-corrected chi connectivity index (χ4v) is 8.12. The van der Waals surface area contributed by atoms with Gasteiger partial charge in [0.05, 0.1) is 24.3 Å². The van der Waals surface area contributed by atoms with Crippen molar-refractivity contribution in [3.8, 4) is 0 Å². The van der Waals surface area contributed by atoms with Crippen molar-refractivity contribution in [2.75, 3.05) is 52.5 Å². The van der Waals surface area contributed by atoms with Crippen LogP contribution in [-0.4, -0.2) is 74.2 Å². The van der Waals surface area contributed by atoms with Crippen molar-refractivity contribution in [2.45, 2.75) is 233 Å². The molecular formula is C52H96N2O4. The van der Waals surface area contributed by atoms with Crippen molar-refractivity contribution < 1.29 is 19.1 Å². The first-order chi connectivity index (χ1) is 28.6. The summed E-state index contributed by atoms with van der Waals surface area (Å²) in [5.41, 5.74) is 0.594. The van der Waals surface area contributed by atoms with Crippen molar-refractivity contribution in [2.24, 2.45) is 0 Å². The lowest BCUT2D eigenvalue weighted by molar-refractivity contribution is 0.0448. The molecule has 6 nitrogen and oxygen atoms in total. The lowest BCUT2D eigenvalue weighted by Crippen LogP contribution is -2.26. The zero-order chi connectivity index (χ0) is 42.0. The standard InChI is InChI=1S/C52H96N2O4/c1-5-9-11-13-15-17-19-21-23-25-27-29-31-35-43-53(7-3)45-37-39-47-57-51(55)49-41-33-34-42-50(49)52(56)58-48-40-38-46-54(8-4)44-36-32-30-28-26-24-22-20-18-16-14-12-10-6-2/h33-34,41-42H,5-32,35-40,43-48H2,1-4H3. The van der Waals surface area contributed by atoms with Crippen LogP contribution in [-0.2, 0) is 9.47 Å². The third kappa shape index (κ3) is 31.9. The predicted molar refractivity (Wildman–Crippen MR) is 250 cm³/mol. The summed E-state index contributed by atoms with van der Waals surface area (Å²) in [6.07, 6.45) is 42.6. The van der Waals surface area contributed by atoms with Gasteiger partial charge in [-0.15, -0.1) is 0 Å². The van der Waals surface area contributed by atoms with E-state index in [1.165, 1.54) is 180 Å². The molecule has 338 valence electrons. The summed E-state index contributed by atoms with van der Waals surface area (Å²) in [5, 5.41) is 0. The van der Waals surface area contributed by atoms with Gasteiger partial charge >= 0.3 is 11.9 Å². The fourth-order valence-electron chi connectivity index (χ4n) is 8.12. The zero-order valence-corrected chi connectivity index (χ0v) is 39.1. The Bertz CT molecular complexity index is 967. The number of carbonyl (C=O) groups is 2. The molecule has 0 N–H and O–H groups in total. The number of ether oxygens (including phenoxy) is 2. The molecule has 0 unspecified atom stereocenters. The Balaban J connectivity index is 2.11. The molecule has 6 heteroatoms. The normalized spacial score (nSPS) is 11.6. The van der Waals surface area contributed by atoms with E-state index in [4.69, 9.17) is 9.47 Å². The Morgan fingerprint density at radius 3 is 0.862 bits per heavy atom. The van der Waals surface area contributed by atoms with Crippen LogP contribution in [0.1, 0.15) is 254 Å². The molecule has 1 rings (SSSR count). The van der Waals surface area contributed by atoms with Crippen LogP contribution in [0.4, 0.5) is 0 Å². The number of benzene rings is 1. The largest absolute Gasteiger partial charge is 0.462 e. The summed E-state index contributed by atoms with van der Waals surface area (Å²) in [5.74, 6) is -0.881. The molecule has 0 saturated heterocycles. The highest BCUT2D eigenvalue weighted by molar-refractivity contribution is 6.03. The van der Waals surface area contributed by atoms with E-state index < -0.39 is 11.9 Å². The Labute approximate surface area is 360 Å². The van der Waals surface area contributed by atoms with Crippen molar-refractivity contribution in [3.05, 3.63) is 35.4 Å². The van der Waals surface area contributed by atoms with Gasteiger partial charge in [0.15, 0.2) is 0 Å². The Morgan fingerprint density at radius 2 is 0.603 bits per heavy atom. The van der Waals surface area contributed by atoms with Gasteiger partial charge in [-0.3, -0.25) is 0 Å². The number of unbranched alkanes of at least 4 members (excludes halogenated alkanes) is 28. The number of carbonyl (C=O) groups excluding carboxylic acids is 2. The topological polar surface area (TPSA) is 59.1 Å². The maximum absolute atomic E-state index is 13.0. The van der Waals surface area contributed by atoms with Crippen LogP contribution in [0.15, 0.2) is 24.3 Å². The van der Waals surface area contributed by atoms with Crippen LogP contribution >= 0.6 is 0 Å². The summed E-state index contributed by atoms with van der Waals surface area (Å²) in [6, 6.07) is 6.90. The van der Waals surface area contributed by atoms with Gasteiger partial charge in [0, 0.05) is 0 Å². The zero-order valence-electron chi connectivity index (χ0n) is 39.1. The second kappa shape index (κ2) is 41.8. The lowest BCUT2D eigenvalue weighted by atomic mass is 10.0. The second-order valence-electron chi connectivity index (χ2n) is 17.3. The number of esters is 2. The third-order valence-corrected chi connectivity index (χ3v) is 12.1. The first kappa shape index (κ1) is 54.1. The number of hydrogen-bond donors (Lipinski definition) is 0. The van der Waals surface area contributed by atoms with Crippen molar-refractivity contribution in [1.82, 2.24) is 9.80 Å². The van der Waals surface area contributed by atoms with Gasteiger partial charge in [0.1, 0.15) is 0 Å². The molecule has 0 saturated carbocycles. The van der Waals surface area contributed by atoms with Crippen LogP contribution in [0.2, 0.25) is 0 Å². The van der Waals surface area contributed by atoms with E-state index in [-0.39, 0.29) is 0 Å². The molecule has 0 aliphatic heterocycles. The number of hydrogen-bond acceptors (Lipinski definition) is 6. The number of nitrogens with zero attached hydrogens (tertiary/aromatic N) is 2. The average Bonchev–Trinajstić information content (AvgIpc) is 3.24. The molecule has 58 heavy (non-hydrogen) atoms. The summed E-state index contributed by atoms with van der Waals surface area (Å²) in [4.78, 5) is 31.0. The molecule has 0 atom stereocenters. The lowest BCUT2D eigenvalue weighted by Gasteiger charge is -2.20. The van der Waals surface area contributed by atoms with Gasteiger partial charge in [-0.05, 0) is 89.9 Å². The van der Waals surface area contributed by atoms with Crippen LogP contribution in [0, 0.1) is 0 Å². The molecule has 0 amide bonds. The first-order valence-corrected chi connectivity index (χ1v) is 25.4. The molecule has 0 aromatic heterocycles. The van der Waals surface area contributed by atoms with Crippen molar-refractivity contribution in [1.29, 1.82) is 0 Å². The van der Waals surface area contributed by atoms with Crippen LogP contribution in [0.5, 0.6) is 0 Å². The Hall–Kier alpha value is -1.92. The van der Waals surface area contributed by atoms with E-state index in [0.29, 0.717) is 24.3 Å². The van der Waals surface area contributed by atoms with E-state index in [1.807, 2.05) is 0 Å². The van der Waals surface area contributed by atoms with Crippen molar-refractivity contribution in [3.63, 3.8) is 0 Å². The Kier molecular flexibility index (Phi) is 39.0. The monoisotopic (exact) mass is 813 g/mol. The minimum absolute atomic E-state index is 0.297. The molecule has 0 bridgehead atoms. The second-order valence-corrected chi connectivity index (χ2v) is 17.3. The van der Waals surface area contributed by atoms with E-state index in [0.717, 1.165) is 65.0 Å². The van der Waals surface area contributed by atoms with E-state index in [2.05, 4.69) is 37.5 Å². The van der Waals surface area contributed by atoms with E-state index in [1.54, 1.807) is 24.3 Å². The maximum Gasteiger partial charge on any atom is 0.339 e. The molecule has 0 heterocycles. The summed E-state index contributed by atoms with van der Waals surface area (Å²) in [6.45, 7) is 16.3. The highest BCUT2D eigenvalue weighted by atomic mass is 16.5. The van der Waals surface area contributed by atoms with Gasteiger partial charge in [-0.25, -0.2) is 9.59 Å². The summed E-state index contributed by atoms with van der Waals surface area (Å²) < 4.78 is 11.2. The molecule has 0 fully saturated rings. The van der Waals surface area contributed by atoms with Crippen LogP contribution < -0.4 is 0 Å². The molecule has 1 aromatic rings. The van der Waals surface area contributed by atoms with Crippen LogP contribution in [0.25, 0.3) is 0 Å². The van der Waals surface area contributed by atoms with Gasteiger partial charge < -0.3 is 19.3 Å². The summed E-state index contributed by atoms with van der Waals surface area (Å²) in [7, 11) is 0. The van der Waals surface area contributed by atoms with Gasteiger partial charge in [-0.1, -0.05) is 207 Å². The number of rotatable bonds is 44. The molecule has 0 radical (unpaired) electrons. The molecular weight excluding hydrogens is 717 g/mol. The molecule has 1 aromatic carbocycles. The highest BCUT2D eigenvalue weighted by Gasteiger charge is 2.19. The van der Waals surface area contributed by atoms with Gasteiger partial charge in [0.25, 0.3) is 0 Å². The SMILES string of the molecule is CCCCCCCCCCCCCCCCN(CC)CCCCOC(=O)c1ccccc1C(=O)OCCCCN(CC)CCCCCCCCCCCCCCCC. The third-order valence-electron chi connectivity index (χ3n) is 12.1. The molecule has 0 aliphatic rings. The smallest absolute Gasteiger partial charge is 0.339 e. The van der Waals surface area contributed by atoms with Gasteiger partial charge in [-0.2, -0.15) is 0 Å². The fraction of sp³-hybridized carbons (Fsp3) is 0.846. The highest BCUT2D eigenvalue weighted by Crippen LogP contribution is 2.16. The Morgan fingerprint density at radius 1 is 0.362 bits per heavy atom. The molecule has 0 spiro atoms. The minimum atomic E-state index is -0.440. The van der Waals surface area contributed by atoms with Crippen molar-refractivity contribution >= 4 is 11.9 Å². The minimum Gasteiger partial charge on any atom is -0.462 e. The van der Waals surface area contributed by atoms with E-state index >= 15 is 0 Å².